The summed E-state index contributed by atoms with van der Waals surface area (Å²) in [5.74, 6) is 1.17. The van der Waals surface area contributed by atoms with Gasteiger partial charge in [-0.05, 0) is 42.0 Å². The highest BCUT2D eigenvalue weighted by Gasteiger charge is 2.13. The number of pyridine rings is 1. The molecule has 0 unspecified atom stereocenters. The smallest absolute Gasteiger partial charge is 0.262 e. The molecule has 0 spiro atoms. The van der Waals surface area contributed by atoms with E-state index < -0.39 is 0 Å². The topological polar surface area (TPSA) is 99.9 Å². The van der Waals surface area contributed by atoms with Crippen LogP contribution in [0, 0.1) is 0 Å². The lowest BCUT2D eigenvalue weighted by Crippen LogP contribution is -2.20. The van der Waals surface area contributed by atoms with Gasteiger partial charge in [0.05, 0.1) is 25.2 Å². The molecule has 0 aliphatic rings. The van der Waals surface area contributed by atoms with Crippen LogP contribution in [-0.4, -0.2) is 31.7 Å². The number of carbonyl (C=O) groups is 1. The minimum atomic E-state index is -0.318. The number of nitrogens with zero attached hydrogens (tertiary/aromatic N) is 1. The minimum absolute atomic E-state index is 0.193. The molecule has 2 heterocycles. The molecule has 2 aromatic carbocycles. The Bertz CT molecular complexity index is 1320. The molecule has 8 heteroatoms. The summed E-state index contributed by atoms with van der Waals surface area (Å²) in [4.78, 5) is 29.0. The van der Waals surface area contributed by atoms with E-state index in [0.717, 1.165) is 0 Å². The first kappa shape index (κ1) is 20.9. The van der Waals surface area contributed by atoms with Crippen molar-refractivity contribution in [2.24, 2.45) is 0 Å². The number of carbonyl (C=O) groups excluding carboxylic acids is 1. The number of amides is 1. The fourth-order valence-corrected chi connectivity index (χ4v) is 3.18. The highest BCUT2D eigenvalue weighted by Crippen LogP contribution is 2.32. The van der Waals surface area contributed by atoms with E-state index >= 15 is 0 Å². The van der Waals surface area contributed by atoms with Crippen LogP contribution in [0.1, 0.15) is 0 Å². The molecule has 1 N–H and O–H groups in total. The maximum Gasteiger partial charge on any atom is 0.262 e. The first-order valence-corrected chi connectivity index (χ1v) is 9.69. The van der Waals surface area contributed by atoms with Gasteiger partial charge in [-0.1, -0.05) is 6.07 Å². The van der Waals surface area contributed by atoms with Gasteiger partial charge in [-0.25, -0.2) is 0 Å². The number of aromatic nitrogens is 1. The van der Waals surface area contributed by atoms with Crippen LogP contribution in [0.15, 0.2) is 76.4 Å². The van der Waals surface area contributed by atoms with Crippen LogP contribution in [0.3, 0.4) is 0 Å². The zero-order valence-corrected chi connectivity index (χ0v) is 17.5. The molecule has 0 bridgehead atoms. The average molecular weight is 432 g/mol. The number of nitrogens with one attached hydrogen (secondary N) is 1. The van der Waals surface area contributed by atoms with Crippen molar-refractivity contribution in [2.45, 2.75) is 0 Å². The summed E-state index contributed by atoms with van der Waals surface area (Å²) in [7, 11) is 3.08. The lowest BCUT2D eigenvalue weighted by Gasteiger charge is -2.10. The zero-order chi connectivity index (χ0) is 22.5. The predicted octanol–water partition coefficient (Wildman–Crippen LogP) is 3.89. The summed E-state index contributed by atoms with van der Waals surface area (Å²) in [5, 5.41) is 3.10. The Kier molecular flexibility index (Phi) is 6.03. The number of hydrogen-bond acceptors (Lipinski definition) is 7. The molecule has 0 saturated carbocycles. The van der Waals surface area contributed by atoms with E-state index in [1.807, 2.05) is 0 Å². The summed E-state index contributed by atoms with van der Waals surface area (Å²) in [5.41, 5.74) is 1.82. The van der Waals surface area contributed by atoms with E-state index in [1.165, 1.54) is 13.4 Å². The molecule has 4 aromatic rings. The van der Waals surface area contributed by atoms with E-state index in [1.54, 1.807) is 68.0 Å². The SMILES string of the molecule is COc1ccc(-c2coc3cc(OCC(=O)Nc4ccncc4)ccc3c2=O)cc1OC. The molecule has 4 rings (SSSR count). The van der Waals surface area contributed by atoms with Crippen LogP contribution >= 0.6 is 0 Å². The number of ether oxygens (including phenoxy) is 3. The van der Waals surface area contributed by atoms with Crippen molar-refractivity contribution in [1.82, 2.24) is 4.98 Å². The normalized spacial score (nSPS) is 10.6. The lowest BCUT2D eigenvalue weighted by molar-refractivity contribution is -0.118. The monoisotopic (exact) mass is 432 g/mol. The molecule has 0 aliphatic carbocycles. The van der Waals surface area contributed by atoms with Gasteiger partial charge in [0, 0.05) is 24.1 Å². The standard InChI is InChI=1S/C24H20N2O6/c1-29-20-6-3-15(11-22(20)30-2)19-13-32-21-12-17(4-5-18(21)24(19)28)31-14-23(27)26-16-7-9-25-10-8-16/h3-13H,14H2,1-2H3,(H,25,26,27). The molecule has 162 valence electrons. The molecule has 1 amide bonds. The second-order valence-corrected chi connectivity index (χ2v) is 6.78. The fraction of sp³-hybridized carbons (Fsp3) is 0.125. The summed E-state index contributed by atoms with van der Waals surface area (Å²) < 4.78 is 21.8. The Morgan fingerprint density at radius 3 is 2.53 bits per heavy atom. The number of benzene rings is 2. The second-order valence-electron chi connectivity index (χ2n) is 6.78. The van der Waals surface area contributed by atoms with Crippen LogP contribution in [0.4, 0.5) is 5.69 Å². The first-order valence-electron chi connectivity index (χ1n) is 9.69. The van der Waals surface area contributed by atoms with Gasteiger partial charge in [0.25, 0.3) is 5.91 Å². The van der Waals surface area contributed by atoms with Crippen molar-refractivity contribution >= 4 is 22.6 Å². The third kappa shape index (κ3) is 4.39. The van der Waals surface area contributed by atoms with Crippen LogP contribution in [-0.2, 0) is 4.79 Å². The largest absolute Gasteiger partial charge is 0.493 e. The van der Waals surface area contributed by atoms with Crippen LogP contribution in [0.2, 0.25) is 0 Å². The van der Waals surface area contributed by atoms with Crippen LogP contribution in [0.5, 0.6) is 17.2 Å². The molecular formula is C24H20N2O6. The van der Waals surface area contributed by atoms with Gasteiger partial charge in [0.1, 0.15) is 17.6 Å². The summed E-state index contributed by atoms with van der Waals surface area (Å²) >= 11 is 0. The van der Waals surface area contributed by atoms with E-state index in [9.17, 15) is 9.59 Å². The number of methoxy groups -OCH3 is 2. The Morgan fingerprint density at radius 1 is 1.00 bits per heavy atom. The van der Waals surface area contributed by atoms with Crippen LogP contribution < -0.4 is 25.0 Å². The van der Waals surface area contributed by atoms with Gasteiger partial charge >= 0.3 is 0 Å². The number of hydrogen-bond donors (Lipinski definition) is 1. The molecule has 32 heavy (non-hydrogen) atoms. The average Bonchev–Trinajstić information content (AvgIpc) is 2.83. The molecule has 0 aliphatic heterocycles. The quantitative estimate of drug-likeness (QED) is 0.473. The Labute approximate surface area is 183 Å². The lowest BCUT2D eigenvalue weighted by atomic mass is 10.0. The first-order chi connectivity index (χ1) is 15.6. The Morgan fingerprint density at radius 2 is 1.78 bits per heavy atom. The van der Waals surface area contributed by atoms with Crippen molar-refractivity contribution in [3.63, 3.8) is 0 Å². The van der Waals surface area contributed by atoms with Gasteiger partial charge in [0.15, 0.2) is 23.5 Å². The molecule has 0 fully saturated rings. The molecule has 8 nitrogen and oxygen atoms in total. The number of rotatable bonds is 7. The summed E-state index contributed by atoms with van der Waals surface area (Å²) in [6, 6.07) is 13.4. The fourth-order valence-electron chi connectivity index (χ4n) is 3.18. The molecule has 2 aromatic heterocycles. The molecular weight excluding hydrogens is 412 g/mol. The van der Waals surface area contributed by atoms with Crippen molar-refractivity contribution in [3.05, 3.63) is 77.4 Å². The molecule has 0 radical (unpaired) electrons. The Balaban J connectivity index is 1.53. The third-order valence-corrected chi connectivity index (χ3v) is 4.77. The van der Waals surface area contributed by atoms with Crippen molar-refractivity contribution in [1.29, 1.82) is 0 Å². The van der Waals surface area contributed by atoms with Crippen molar-refractivity contribution in [3.8, 4) is 28.4 Å². The maximum absolute atomic E-state index is 13.0. The number of fused-ring (bicyclic) bond motifs is 1. The van der Waals surface area contributed by atoms with E-state index in [4.69, 9.17) is 18.6 Å². The summed E-state index contributed by atoms with van der Waals surface area (Å²) in [6.07, 6.45) is 4.56. The van der Waals surface area contributed by atoms with Crippen molar-refractivity contribution < 1.29 is 23.4 Å². The van der Waals surface area contributed by atoms with Crippen molar-refractivity contribution in [2.75, 3.05) is 26.1 Å². The van der Waals surface area contributed by atoms with E-state index in [-0.39, 0.29) is 17.9 Å². The van der Waals surface area contributed by atoms with Gasteiger partial charge in [0.2, 0.25) is 0 Å². The highest BCUT2D eigenvalue weighted by molar-refractivity contribution is 5.91. The predicted molar refractivity (Wildman–Crippen MR) is 119 cm³/mol. The number of anilines is 1. The maximum atomic E-state index is 13.0. The summed E-state index contributed by atoms with van der Waals surface area (Å²) in [6.45, 7) is -0.193. The van der Waals surface area contributed by atoms with Gasteiger partial charge in [-0.2, -0.15) is 0 Å². The van der Waals surface area contributed by atoms with Gasteiger partial charge < -0.3 is 23.9 Å². The van der Waals surface area contributed by atoms with Gasteiger partial charge in [-0.3, -0.25) is 14.6 Å². The van der Waals surface area contributed by atoms with Crippen LogP contribution in [0.25, 0.3) is 22.1 Å². The zero-order valence-electron chi connectivity index (χ0n) is 17.5. The van der Waals surface area contributed by atoms with E-state index in [0.29, 0.717) is 45.0 Å². The van der Waals surface area contributed by atoms with Gasteiger partial charge in [-0.15, -0.1) is 0 Å². The molecule has 0 saturated heterocycles. The highest BCUT2D eigenvalue weighted by atomic mass is 16.5. The third-order valence-electron chi connectivity index (χ3n) is 4.77. The van der Waals surface area contributed by atoms with E-state index in [2.05, 4.69) is 10.3 Å². The Hall–Kier alpha value is -4.33. The minimum Gasteiger partial charge on any atom is -0.493 e. The molecule has 0 atom stereocenters. The second kappa shape index (κ2) is 9.22.